The average molecular weight is 316 g/mol. The van der Waals surface area contributed by atoms with Crippen LogP contribution in [0.25, 0.3) is 0 Å². The van der Waals surface area contributed by atoms with Crippen LogP contribution >= 0.6 is 11.8 Å². The zero-order valence-corrected chi connectivity index (χ0v) is 13.4. The fraction of sp³-hybridized carbons (Fsp3) is 0.312. The summed E-state index contributed by atoms with van der Waals surface area (Å²) in [5.41, 5.74) is 2.30. The van der Waals surface area contributed by atoms with Crippen LogP contribution in [0.3, 0.4) is 0 Å². The Morgan fingerprint density at radius 1 is 1.59 bits per heavy atom. The summed E-state index contributed by atoms with van der Waals surface area (Å²) in [6, 6.07) is 0.0305. The predicted molar refractivity (Wildman–Crippen MR) is 93.1 cm³/mol. The first-order valence-corrected chi connectivity index (χ1v) is 7.92. The van der Waals surface area contributed by atoms with Crippen molar-refractivity contribution in [3.05, 3.63) is 46.9 Å². The fourth-order valence-corrected chi connectivity index (χ4v) is 3.16. The molecule has 116 valence electrons. The third-order valence-electron chi connectivity index (χ3n) is 3.59. The number of rotatable bonds is 7. The van der Waals surface area contributed by atoms with Gasteiger partial charge in [0.25, 0.3) is 0 Å². The van der Waals surface area contributed by atoms with E-state index in [4.69, 9.17) is 5.41 Å². The number of thioether (sulfide) groups is 1. The molecule has 2 heterocycles. The molecule has 1 amide bonds. The molecule has 1 atom stereocenters. The van der Waals surface area contributed by atoms with Crippen molar-refractivity contribution >= 4 is 29.7 Å². The summed E-state index contributed by atoms with van der Waals surface area (Å²) in [4.78, 5) is 18.3. The van der Waals surface area contributed by atoms with Crippen LogP contribution in [0.1, 0.15) is 13.3 Å². The van der Waals surface area contributed by atoms with Gasteiger partial charge < -0.3 is 15.6 Å². The highest BCUT2D eigenvalue weighted by atomic mass is 32.2. The molecule has 6 heteroatoms. The number of hydrogen-bond donors (Lipinski definition) is 2. The number of hydrogen-bond acceptors (Lipinski definition) is 5. The van der Waals surface area contributed by atoms with Crippen LogP contribution in [0, 0.1) is 5.41 Å². The van der Waals surface area contributed by atoms with Gasteiger partial charge in [-0.1, -0.05) is 31.0 Å². The second-order valence-corrected chi connectivity index (χ2v) is 5.99. The highest BCUT2D eigenvalue weighted by Gasteiger charge is 2.35. The third kappa shape index (κ3) is 3.22. The Morgan fingerprint density at radius 2 is 2.36 bits per heavy atom. The lowest BCUT2D eigenvalue weighted by atomic mass is 10.0. The van der Waals surface area contributed by atoms with Crippen molar-refractivity contribution in [2.24, 2.45) is 4.99 Å². The van der Waals surface area contributed by atoms with E-state index in [1.54, 1.807) is 0 Å². The number of carbonyl (C=O) groups is 1. The van der Waals surface area contributed by atoms with Crippen molar-refractivity contribution in [3.63, 3.8) is 0 Å². The lowest BCUT2D eigenvalue weighted by Gasteiger charge is -2.29. The normalized spacial score (nSPS) is 20.7. The van der Waals surface area contributed by atoms with E-state index in [0.717, 1.165) is 28.4 Å². The van der Waals surface area contributed by atoms with Crippen molar-refractivity contribution in [1.82, 2.24) is 10.2 Å². The Hall–Kier alpha value is -2.08. The smallest absolute Gasteiger partial charge is 0.207 e. The van der Waals surface area contributed by atoms with Crippen LogP contribution in [-0.4, -0.2) is 42.0 Å². The van der Waals surface area contributed by atoms with E-state index in [0.29, 0.717) is 25.2 Å². The average Bonchev–Trinajstić information content (AvgIpc) is 2.94. The van der Waals surface area contributed by atoms with E-state index in [1.807, 2.05) is 18.4 Å². The second-order valence-electron chi connectivity index (χ2n) is 4.99. The number of nitrogens with zero attached hydrogens (tertiary/aromatic N) is 2. The van der Waals surface area contributed by atoms with Gasteiger partial charge in [-0.15, -0.1) is 0 Å². The summed E-state index contributed by atoms with van der Waals surface area (Å²) in [5, 5.41) is 12.8. The number of amidine groups is 1. The minimum atomic E-state index is 0.0305. The first-order chi connectivity index (χ1) is 10.6. The number of aliphatic imine (C=N–C) groups is 1. The van der Waals surface area contributed by atoms with Crippen LogP contribution < -0.4 is 5.32 Å². The molecule has 1 saturated heterocycles. The maximum absolute atomic E-state index is 10.7. The molecule has 0 aromatic rings. The molecule has 22 heavy (non-hydrogen) atoms. The van der Waals surface area contributed by atoms with Gasteiger partial charge in [0.05, 0.1) is 18.3 Å². The molecule has 0 bridgehead atoms. The maximum atomic E-state index is 10.7. The highest BCUT2D eigenvalue weighted by molar-refractivity contribution is 8.06. The Labute approximate surface area is 135 Å². The van der Waals surface area contributed by atoms with E-state index < -0.39 is 0 Å². The van der Waals surface area contributed by atoms with Gasteiger partial charge in [0.15, 0.2) is 0 Å². The number of nitrogens with one attached hydrogen (secondary N) is 2. The van der Waals surface area contributed by atoms with Gasteiger partial charge in [0.2, 0.25) is 6.41 Å². The lowest BCUT2D eigenvalue weighted by molar-refractivity contribution is -0.110. The Kier molecular flexibility index (Phi) is 5.38. The zero-order valence-electron chi connectivity index (χ0n) is 12.6. The molecule has 0 aromatic carbocycles. The van der Waals surface area contributed by atoms with E-state index >= 15 is 0 Å². The van der Waals surface area contributed by atoms with Gasteiger partial charge in [-0.05, 0) is 18.4 Å². The van der Waals surface area contributed by atoms with E-state index in [1.165, 1.54) is 17.8 Å². The van der Waals surface area contributed by atoms with E-state index in [-0.39, 0.29) is 6.04 Å². The van der Waals surface area contributed by atoms with Crippen molar-refractivity contribution in [2.75, 3.05) is 13.1 Å². The summed E-state index contributed by atoms with van der Waals surface area (Å²) in [5.74, 6) is 0.828. The molecular formula is C16H20N4OS. The van der Waals surface area contributed by atoms with E-state index in [2.05, 4.69) is 28.4 Å². The van der Waals surface area contributed by atoms with Gasteiger partial charge in [-0.2, -0.15) is 0 Å². The van der Waals surface area contributed by atoms with Gasteiger partial charge in [0.1, 0.15) is 5.84 Å². The molecule has 0 saturated carbocycles. The summed E-state index contributed by atoms with van der Waals surface area (Å²) in [7, 11) is 0. The Balaban J connectivity index is 2.30. The van der Waals surface area contributed by atoms with Gasteiger partial charge in [0, 0.05) is 29.1 Å². The molecule has 5 nitrogen and oxygen atoms in total. The van der Waals surface area contributed by atoms with Gasteiger partial charge in [-0.25, -0.2) is 0 Å². The van der Waals surface area contributed by atoms with E-state index in [9.17, 15) is 4.79 Å². The summed E-state index contributed by atoms with van der Waals surface area (Å²) >= 11 is 1.53. The molecule has 2 aliphatic heterocycles. The SMILES string of the molecule is C=CC(=N)C1=C2CC(NC=O)CN2C(C(=C)S/C=C\C)=NC1. The van der Waals surface area contributed by atoms with Gasteiger partial charge in [-0.3, -0.25) is 9.79 Å². The van der Waals surface area contributed by atoms with Crippen LogP contribution in [0.4, 0.5) is 0 Å². The summed E-state index contributed by atoms with van der Waals surface area (Å²) in [6.07, 6.45) is 4.91. The Bertz CT molecular complexity index is 603. The first-order valence-electron chi connectivity index (χ1n) is 7.04. The monoisotopic (exact) mass is 316 g/mol. The van der Waals surface area contributed by atoms with Crippen LogP contribution in [0.5, 0.6) is 0 Å². The fourth-order valence-electron chi connectivity index (χ4n) is 2.58. The second kappa shape index (κ2) is 7.26. The number of carbonyl (C=O) groups excluding carboxylic acids is 1. The summed E-state index contributed by atoms with van der Waals surface area (Å²) < 4.78 is 0. The maximum Gasteiger partial charge on any atom is 0.207 e. The largest absolute Gasteiger partial charge is 0.354 e. The van der Waals surface area contributed by atoms with Crippen LogP contribution in [0.15, 0.2) is 51.9 Å². The Morgan fingerprint density at radius 3 is 3.00 bits per heavy atom. The molecule has 0 aliphatic carbocycles. The number of fused-ring (bicyclic) bond motifs is 1. The zero-order chi connectivity index (χ0) is 16.1. The molecule has 1 fully saturated rings. The van der Waals surface area contributed by atoms with Crippen molar-refractivity contribution in [1.29, 1.82) is 5.41 Å². The minimum Gasteiger partial charge on any atom is -0.354 e. The van der Waals surface area contributed by atoms with Crippen LogP contribution in [-0.2, 0) is 4.79 Å². The highest BCUT2D eigenvalue weighted by Crippen LogP contribution is 2.33. The predicted octanol–water partition coefficient (Wildman–Crippen LogP) is 2.46. The van der Waals surface area contributed by atoms with Crippen LogP contribution in [0.2, 0.25) is 0 Å². The van der Waals surface area contributed by atoms with Crippen molar-refractivity contribution < 1.29 is 4.79 Å². The minimum absolute atomic E-state index is 0.0305. The molecule has 2 rings (SSSR count). The molecule has 2 N–H and O–H groups in total. The first kappa shape index (κ1) is 16.3. The molecular weight excluding hydrogens is 296 g/mol. The third-order valence-corrected chi connectivity index (χ3v) is 4.46. The van der Waals surface area contributed by atoms with Crippen molar-refractivity contribution in [3.8, 4) is 0 Å². The number of amides is 1. The quantitative estimate of drug-likeness (QED) is 0.560. The van der Waals surface area contributed by atoms with Crippen molar-refractivity contribution in [2.45, 2.75) is 19.4 Å². The number of allylic oxidation sites excluding steroid dienone is 2. The molecule has 1 unspecified atom stereocenters. The molecule has 0 aromatic heterocycles. The standard InChI is InChI=1S/C16H20N4OS/c1-4-6-22-11(3)16-18-8-13(14(17)5-2)15-7-12(19-10-21)9-20(15)16/h4-6,10,12,17H,2-3,7-9H2,1H3,(H,19,21)/b6-4-,17-14?. The topological polar surface area (TPSA) is 68.6 Å². The van der Waals surface area contributed by atoms with Gasteiger partial charge >= 0.3 is 0 Å². The molecule has 0 radical (unpaired) electrons. The molecule has 2 aliphatic rings. The lowest BCUT2D eigenvalue weighted by Crippen LogP contribution is -2.36. The molecule has 0 spiro atoms. The summed E-state index contributed by atoms with van der Waals surface area (Å²) in [6.45, 7) is 10.8.